The molecule has 17 heavy (non-hydrogen) atoms. The van der Waals surface area contributed by atoms with E-state index in [0.717, 1.165) is 6.42 Å². The lowest BCUT2D eigenvalue weighted by Crippen LogP contribution is -2.26. The van der Waals surface area contributed by atoms with E-state index >= 15 is 0 Å². The largest absolute Gasteiger partial charge is 0.0952 e. The molecule has 0 spiro atoms. The van der Waals surface area contributed by atoms with Crippen LogP contribution in [0, 0.1) is 5.41 Å². The van der Waals surface area contributed by atoms with Crippen molar-refractivity contribution in [2.45, 2.75) is 66.2 Å². The standard InChI is InChI=1S/C17H28/c1-7-10-17(9-3)11-14(5)16(13(4)8-2)15(6)12-17/h4-5,7-12H2,1-3,6H3. The molecule has 0 aromatic heterocycles. The second kappa shape index (κ2) is 5.71. The minimum Gasteiger partial charge on any atom is -0.0952 e. The van der Waals surface area contributed by atoms with E-state index in [4.69, 9.17) is 0 Å². The molecule has 1 unspecified atom stereocenters. The van der Waals surface area contributed by atoms with Crippen molar-refractivity contribution < 1.29 is 0 Å². The van der Waals surface area contributed by atoms with Crippen molar-refractivity contribution in [1.29, 1.82) is 0 Å². The maximum absolute atomic E-state index is 4.32. The van der Waals surface area contributed by atoms with E-state index in [1.807, 2.05) is 0 Å². The molecule has 0 saturated heterocycles. The number of hydrogen-bond donors (Lipinski definition) is 0. The first kappa shape index (κ1) is 14.3. The van der Waals surface area contributed by atoms with Crippen molar-refractivity contribution in [3.8, 4) is 0 Å². The molecule has 1 aliphatic carbocycles. The predicted molar refractivity (Wildman–Crippen MR) is 78.1 cm³/mol. The molecule has 1 rings (SSSR count). The Bertz CT molecular complexity index is 343. The lowest BCUT2D eigenvalue weighted by molar-refractivity contribution is 0.235. The fraction of sp³-hybridized carbons (Fsp3) is 0.647. The van der Waals surface area contributed by atoms with Gasteiger partial charge in [0, 0.05) is 0 Å². The first-order valence-electron chi connectivity index (χ1n) is 7.05. The van der Waals surface area contributed by atoms with Crippen molar-refractivity contribution in [2.24, 2.45) is 5.41 Å². The van der Waals surface area contributed by atoms with E-state index in [0.29, 0.717) is 5.41 Å². The van der Waals surface area contributed by atoms with Crippen LogP contribution in [0.25, 0.3) is 0 Å². The molecule has 0 nitrogen and oxygen atoms in total. The molecule has 96 valence electrons. The Labute approximate surface area is 108 Å². The summed E-state index contributed by atoms with van der Waals surface area (Å²) in [5, 5.41) is 0. The molecule has 0 aromatic carbocycles. The molecule has 0 radical (unpaired) electrons. The fourth-order valence-electron chi connectivity index (χ4n) is 3.42. The van der Waals surface area contributed by atoms with Crippen LogP contribution in [0.5, 0.6) is 0 Å². The molecule has 0 heteroatoms. The third-order valence-electron chi connectivity index (χ3n) is 4.32. The van der Waals surface area contributed by atoms with Crippen LogP contribution < -0.4 is 0 Å². The van der Waals surface area contributed by atoms with Gasteiger partial charge < -0.3 is 0 Å². The van der Waals surface area contributed by atoms with Crippen LogP contribution in [-0.4, -0.2) is 0 Å². The van der Waals surface area contributed by atoms with Gasteiger partial charge in [0.05, 0.1) is 0 Å². The van der Waals surface area contributed by atoms with Gasteiger partial charge in [-0.1, -0.05) is 45.9 Å². The van der Waals surface area contributed by atoms with Gasteiger partial charge in [-0.3, -0.25) is 0 Å². The first-order chi connectivity index (χ1) is 7.99. The SMILES string of the molecule is C=C(CC)C1=C(C)CC(CC)(CCC)CC1=C. The molecule has 0 N–H and O–H groups in total. The minimum atomic E-state index is 0.480. The average molecular weight is 232 g/mol. The van der Waals surface area contributed by atoms with Gasteiger partial charge in [-0.05, 0) is 61.2 Å². The third-order valence-corrected chi connectivity index (χ3v) is 4.32. The lowest BCUT2D eigenvalue weighted by Gasteiger charge is -2.40. The molecule has 0 amide bonds. The molecule has 1 aliphatic rings. The van der Waals surface area contributed by atoms with Gasteiger partial charge in [-0.25, -0.2) is 0 Å². The molecule has 0 heterocycles. The Balaban J connectivity index is 3.04. The summed E-state index contributed by atoms with van der Waals surface area (Å²) in [5.74, 6) is 0. The summed E-state index contributed by atoms with van der Waals surface area (Å²) in [6.07, 6.45) is 7.32. The molecule has 1 atom stereocenters. The van der Waals surface area contributed by atoms with Crippen molar-refractivity contribution in [1.82, 2.24) is 0 Å². The summed E-state index contributed by atoms with van der Waals surface area (Å²) in [7, 11) is 0. The van der Waals surface area contributed by atoms with E-state index in [2.05, 4.69) is 40.9 Å². The van der Waals surface area contributed by atoms with Gasteiger partial charge in [0.1, 0.15) is 0 Å². The van der Waals surface area contributed by atoms with E-state index in [-0.39, 0.29) is 0 Å². The highest BCUT2D eigenvalue weighted by molar-refractivity contribution is 5.49. The molecule has 0 bridgehead atoms. The van der Waals surface area contributed by atoms with Crippen LogP contribution in [0.3, 0.4) is 0 Å². The van der Waals surface area contributed by atoms with Crippen LogP contribution in [0.4, 0.5) is 0 Å². The first-order valence-corrected chi connectivity index (χ1v) is 7.05. The van der Waals surface area contributed by atoms with Crippen LogP contribution in [0.15, 0.2) is 35.5 Å². The minimum absolute atomic E-state index is 0.480. The molecular weight excluding hydrogens is 204 g/mol. The third kappa shape index (κ3) is 2.91. The van der Waals surface area contributed by atoms with Crippen molar-refractivity contribution in [3.05, 3.63) is 35.5 Å². The second-order valence-electron chi connectivity index (χ2n) is 5.67. The van der Waals surface area contributed by atoms with Crippen molar-refractivity contribution >= 4 is 0 Å². The van der Waals surface area contributed by atoms with Gasteiger partial charge in [-0.2, -0.15) is 0 Å². The van der Waals surface area contributed by atoms with Crippen LogP contribution in [-0.2, 0) is 0 Å². The second-order valence-corrected chi connectivity index (χ2v) is 5.67. The number of hydrogen-bond acceptors (Lipinski definition) is 0. The van der Waals surface area contributed by atoms with Crippen molar-refractivity contribution in [2.75, 3.05) is 0 Å². The smallest absolute Gasteiger partial charge is 0.0215 e. The summed E-state index contributed by atoms with van der Waals surface area (Å²) >= 11 is 0. The maximum atomic E-state index is 4.32. The predicted octanol–water partition coefficient (Wildman–Crippen LogP) is 5.82. The highest BCUT2D eigenvalue weighted by atomic mass is 14.4. The van der Waals surface area contributed by atoms with Gasteiger partial charge in [0.15, 0.2) is 0 Å². The summed E-state index contributed by atoms with van der Waals surface area (Å²) in [6.45, 7) is 17.6. The fourth-order valence-corrected chi connectivity index (χ4v) is 3.42. The zero-order valence-corrected chi connectivity index (χ0v) is 12.2. The van der Waals surface area contributed by atoms with E-state index in [9.17, 15) is 0 Å². The van der Waals surface area contributed by atoms with Crippen LogP contribution >= 0.6 is 0 Å². The Morgan fingerprint density at radius 2 is 1.88 bits per heavy atom. The van der Waals surface area contributed by atoms with E-state index in [1.54, 1.807) is 0 Å². The zero-order valence-electron chi connectivity index (χ0n) is 12.2. The normalized spacial score (nSPS) is 25.3. The highest BCUT2D eigenvalue weighted by Crippen LogP contribution is 2.48. The maximum Gasteiger partial charge on any atom is -0.0215 e. The summed E-state index contributed by atoms with van der Waals surface area (Å²) in [5.41, 5.74) is 5.99. The molecule has 0 fully saturated rings. The van der Waals surface area contributed by atoms with Crippen molar-refractivity contribution in [3.63, 3.8) is 0 Å². The topological polar surface area (TPSA) is 0 Å². The summed E-state index contributed by atoms with van der Waals surface area (Å²) in [6, 6.07) is 0. The number of rotatable bonds is 5. The van der Waals surface area contributed by atoms with E-state index < -0.39 is 0 Å². The Morgan fingerprint density at radius 3 is 2.29 bits per heavy atom. The van der Waals surface area contributed by atoms with Gasteiger partial charge in [-0.15, -0.1) is 0 Å². The Kier molecular flexibility index (Phi) is 4.80. The summed E-state index contributed by atoms with van der Waals surface area (Å²) < 4.78 is 0. The van der Waals surface area contributed by atoms with Crippen LogP contribution in [0.2, 0.25) is 0 Å². The monoisotopic (exact) mass is 232 g/mol. The van der Waals surface area contributed by atoms with Gasteiger partial charge in [0.2, 0.25) is 0 Å². The Hall–Kier alpha value is -0.780. The zero-order chi connectivity index (χ0) is 13.1. The Morgan fingerprint density at radius 1 is 1.24 bits per heavy atom. The molecular formula is C17H28. The summed E-state index contributed by atoms with van der Waals surface area (Å²) in [4.78, 5) is 0. The molecule has 0 saturated carbocycles. The van der Waals surface area contributed by atoms with Crippen LogP contribution in [0.1, 0.15) is 66.2 Å². The highest BCUT2D eigenvalue weighted by Gasteiger charge is 2.33. The lowest BCUT2D eigenvalue weighted by atomic mass is 9.65. The molecule has 0 aliphatic heterocycles. The average Bonchev–Trinajstić information content (AvgIpc) is 2.28. The van der Waals surface area contributed by atoms with Gasteiger partial charge >= 0.3 is 0 Å². The number of allylic oxidation sites excluding steroid dienone is 4. The quantitative estimate of drug-likeness (QED) is 0.560. The van der Waals surface area contributed by atoms with E-state index in [1.165, 1.54) is 54.4 Å². The molecule has 0 aromatic rings. The van der Waals surface area contributed by atoms with Gasteiger partial charge in [0.25, 0.3) is 0 Å².